The summed E-state index contributed by atoms with van der Waals surface area (Å²) >= 11 is 0. The quantitative estimate of drug-likeness (QED) is 0.423. The Morgan fingerprint density at radius 3 is 2.70 bits per heavy atom. The fourth-order valence-electron chi connectivity index (χ4n) is 3.78. The van der Waals surface area contributed by atoms with Crippen molar-refractivity contribution < 1.29 is 18.7 Å². The number of methoxy groups -OCH3 is 1. The Morgan fingerprint density at radius 1 is 1.26 bits per heavy atom. The van der Waals surface area contributed by atoms with Crippen molar-refractivity contribution in [3.63, 3.8) is 0 Å². The molecule has 1 unspecified atom stereocenters. The van der Waals surface area contributed by atoms with Gasteiger partial charge in [-0.05, 0) is 50.8 Å². The van der Waals surface area contributed by atoms with Crippen LogP contribution in [0.2, 0.25) is 0 Å². The molecule has 1 aromatic carbocycles. The molecule has 3 rings (SSSR count). The highest BCUT2D eigenvalue weighted by Gasteiger charge is 2.41. The molecule has 2 aromatic rings. The number of esters is 1. The number of fused-ring (bicyclic) bond motifs is 3. The zero-order valence-electron chi connectivity index (χ0n) is 16.3. The first kappa shape index (κ1) is 19.2. The number of allylic oxidation sites excluding steroid dienone is 2. The van der Waals surface area contributed by atoms with Crippen LogP contribution in [0, 0.1) is 5.92 Å². The van der Waals surface area contributed by atoms with E-state index >= 15 is 0 Å². The van der Waals surface area contributed by atoms with Gasteiger partial charge in [0, 0.05) is 22.9 Å². The average Bonchev–Trinajstić information content (AvgIpc) is 3.00. The van der Waals surface area contributed by atoms with Gasteiger partial charge in [0.05, 0.1) is 13.5 Å². The smallest absolute Gasteiger partial charge is 0.336 e. The molecule has 0 amide bonds. The van der Waals surface area contributed by atoms with Crippen molar-refractivity contribution in [2.75, 3.05) is 7.11 Å². The largest absolute Gasteiger partial charge is 0.489 e. The highest BCUT2D eigenvalue weighted by Crippen LogP contribution is 2.47. The highest BCUT2D eigenvalue weighted by molar-refractivity contribution is 5.84. The van der Waals surface area contributed by atoms with Crippen LogP contribution in [-0.4, -0.2) is 19.2 Å². The van der Waals surface area contributed by atoms with Gasteiger partial charge in [-0.15, -0.1) is 0 Å². The van der Waals surface area contributed by atoms with Crippen LogP contribution in [0.4, 0.5) is 0 Å². The molecule has 0 aliphatic carbocycles. The topological polar surface area (TPSA) is 65.7 Å². The van der Waals surface area contributed by atoms with Crippen molar-refractivity contribution >= 4 is 16.9 Å². The van der Waals surface area contributed by atoms with Gasteiger partial charge < -0.3 is 13.9 Å². The van der Waals surface area contributed by atoms with Gasteiger partial charge in [0.15, 0.2) is 0 Å². The van der Waals surface area contributed by atoms with Crippen LogP contribution in [0.15, 0.2) is 45.1 Å². The van der Waals surface area contributed by atoms with E-state index in [1.165, 1.54) is 18.7 Å². The second-order valence-corrected chi connectivity index (χ2v) is 7.46. The zero-order valence-corrected chi connectivity index (χ0v) is 16.3. The molecule has 1 aliphatic heterocycles. The van der Waals surface area contributed by atoms with Gasteiger partial charge in [-0.2, -0.15) is 0 Å². The Labute approximate surface area is 159 Å². The number of carbonyl (C=O) groups is 1. The molecule has 5 nitrogen and oxygen atoms in total. The fraction of sp³-hybridized carbons (Fsp3) is 0.455. The maximum Gasteiger partial charge on any atom is 0.336 e. The van der Waals surface area contributed by atoms with Crippen LogP contribution in [0.1, 0.15) is 51.5 Å². The Bertz CT molecular complexity index is 920. The summed E-state index contributed by atoms with van der Waals surface area (Å²) in [6, 6.07) is 6.91. The summed E-state index contributed by atoms with van der Waals surface area (Å²) in [5.41, 5.74) is 2.19. The van der Waals surface area contributed by atoms with Crippen molar-refractivity contribution in [3.8, 4) is 5.75 Å². The van der Waals surface area contributed by atoms with Crippen molar-refractivity contribution in [1.82, 2.24) is 0 Å². The van der Waals surface area contributed by atoms with Gasteiger partial charge >= 0.3 is 11.6 Å². The molecule has 2 heterocycles. The molecule has 3 atom stereocenters. The van der Waals surface area contributed by atoms with Crippen LogP contribution >= 0.6 is 0 Å². The fourth-order valence-corrected chi connectivity index (χ4v) is 3.78. The minimum Gasteiger partial charge on any atom is -0.489 e. The Kier molecular flexibility index (Phi) is 5.68. The molecule has 0 N–H and O–H groups in total. The van der Waals surface area contributed by atoms with Crippen molar-refractivity contribution in [1.29, 1.82) is 0 Å². The lowest BCUT2D eigenvalue weighted by Gasteiger charge is -2.24. The van der Waals surface area contributed by atoms with Crippen LogP contribution in [0.5, 0.6) is 5.75 Å². The van der Waals surface area contributed by atoms with E-state index in [4.69, 9.17) is 13.9 Å². The second kappa shape index (κ2) is 7.99. The molecule has 0 bridgehead atoms. The maximum absolute atomic E-state index is 12.1. The van der Waals surface area contributed by atoms with E-state index in [1.807, 2.05) is 12.1 Å². The molecule has 5 heteroatoms. The van der Waals surface area contributed by atoms with Crippen molar-refractivity contribution in [2.45, 2.75) is 52.1 Å². The zero-order chi connectivity index (χ0) is 19.6. The molecule has 27 heavy (non-hydrogen) atoms. The third-order valence-corrected chi connectivity index (χ3v) is 5.17. The molecule has 1 aliphatic rings. The van der Waals surface area contributed by atoms with E-state index in [1.54, 1.807) is 6.07 Å². The summed E-state index contributed by atoms with van der Waals surface area (Å²) in [4.78, 5) is 23.9. The van der Waals surface area contributed by atoms with Crippen LogP contribution in [0.3, 0.4) is 0 Å². The normalized spacial score (nSPS) is 19.3. The molecule has 0 saturated carbocycles. The highest BCUT2D eigenvalue weighted by atomic mass is 16.5. The molecular formula is C22H26O5. The van der Waals surface area contributed by atoms with Gasteiger partial charge in [-0.3, -0.25) is 4.79 Å². The first-order valence-corrected chi connectivity index (χ1v) is 9.34. The summed E-state index contributed by atoms with van der Waals surface area (Å²) in [5.74, 6) is 0.412. The number of hydrogen-bond donors (Lipinski definition) is 0. The molecule has 0 spiro atoms. The van der Waals surface area contributed by atoms with E-state index in [0.29, 0.717) is 11.3 Å². The molecule has 0 fully saturated rings. The lowest BCUT2D eigenvalue weighted by Crippen LogP contribution is -2.28. The number of carbonyl (C=O) groups excluding carboxylic acids is 1. The third-order valence-electron chi connectivity index (χ3n) is 5.17. The van der Waals surface area contributed by atoms with Gasteiger partial charge in [0.1, 0.15) is 17.4 Å². The predicted molar refractivity (Wildman–Crippen MR) is 104 cm³/mol. The maximum atomic E-state index is 12.1. The van der Waals surface area contributed by atoms with Crippen molar-refractivity contribution in [3.05, 3.63) is 51.9 Å². The summed E-state index contributed by atoms with van der Waals surface area (Å²) in [6.07, 6.45) is 4.14. The van der Waals surface area contributed by atoms with Crippen LogP contribution < -0.4 is 10.4 Å². The molecule has 0 radical (unpaired) electrons. The number of benzene rings is 1. The third kappa shape index (κ3) is 4.07. The minimum absolute atomic E-state index is 0.166. The molecule has 1 aromatic heterocycles. The van der Waals surface area contributed by atoms with E-state index in [2.05, 4.69) is 26.8 Å². The van der Waals surface area contributed by atoms with E-state index in [9.17, 15) is 9.59 Å². The Hall–Kier alpha value is -2.56. The molecule has 0 saturated heterocycles. The lowest BCUT2D eigenvalue weighted by molar-refractivity contribution is -0.141. The average molecular weight is 370 g/mol. The molecular weight excluding hydrogens is 344 g/mol. The summed E-state index contributed by atoms with van der Waals surface area (Å²) < 4.78 is 16.6. The Morgan fingerprint density at radius 2 is 2.00 bits per heavy atom. The summed E-state index contributed by atoms with van der Waals surface area (Å²) in [6.45, 7) is 6.31. The number of ether oxygens (including phenoxy) is 2. The SMILES string of the molecule is COC(=O)CC1c2c(ccc3ccc(=O)oc23)O[C@H]1[C@H](C)CCC=C(C)C. The van der Waals surface area contributed by atoms with E-state index < -0.39 is 5.63 Å². The van der Waals surface area contributed by atoms with Gasteiger partial charge in [-0.25, -0.2) is 4.79 Å². The van der Waals surface area contributed by atoms with Crippen LogP contribution in [-0.2, 0) is 9.53 Å². The minimum atomic E-state index is -0.409. The second-order valence-electron chi connectivity index (χ2n) is 7.46. The number of rotatable bonds is 6. The van der Waals surface area contributed by atoms with E-state index in [0.717, 1.165) is 23.8 Å². The molecule has 144 valence electrons. The first-order valence-electron chi connectivity index (χ1n) is 9.34. The van der Waals surface area contributed by atoms with Crippen molar-refractivity contribution in [2.24, 2.45) is 5.92 Å². The standard InChI is InChI=1S/C22H26O5/c1-13(2)6-5-7-14(3)21-16(12-19(24)25-4)20-17(26-21)10-8-15-9-11-18(23)27-22(15)20/h6,8-11,14,16,21H,5,7,12H2,1-4H3/t14-,16?,21+/m1/s1. The Balaban J connectivity index is 1.99. The van der Waals surface area contributed by atoms with Gasteiger partial charge in [0.2, 0.25) is 0 Å². The number of hydrogen-bond acceptors (Lipinski definition) is 5. The first-order chi connectivity index (χ1) is 12.9. The van der Waals surface area contributed by atoms with E-state index in [-0.39, 0.29) is 30.3 Å². The van der Waals surface area contributed by atoms with Crippen LogP contribution in [0.25, 0.3) is 11.0 Å². The summed E-state index contributed by atoms with van der Waals surface area (Å²) in [7, 11) is 1.38. The summed E-state index contributed by atoms with van der Waals surface area (Å²) in [5, 5.41) is 0.824. The van der Waals surface area contributed by atoms with Gasteiger partial charge in [-0.1, -0.05) is 18.6 Å². The van der Waals surface area contributed by atoms with Gasteiger partial charge in [0.25, 0.3) is 0 Å². The predicted octanol–water partition coefficient (Wildman–Crippen LogP) is 4.58. The monoisotopic (exact) mass is 370 g/mol. The lowest BCUT2D eigenvalue weighted by atomic mass is 9.83.